The summed E-state index contributed by atoms with van der Waals surface area (Å²) >= 11 is 0. The molecule has 298 valence electrons. The number of para-hydroxylation sites is 4. The van der Waals surface area contributed by atoms with Crippen molar-refractivity contribution < 1.29 is 0 Å². The Bertz CT molecular complexity index is 3090. The molecule has 6 heteroatoms. The number of hydrogen-bond acceptors (Lipinski definition) is 4. The predicted octanol–water partition coefficient (Wildman–Crippen LogP) is 13.7. The smallest absolute Gasteiger partial charge is 0.361 e. The highest BCUT2D eigenvalue weighted by Crippen LogP contribution is 2.49. The van der Waals surface area contributed by atoms with Crippen molar-refractivity contribution in [3.8, 4) is 0 Å². The number of rotatable bonds is 6. The van der Waals surface area contributed by atoms with Crippen LogP contribution in [0.4, 0.5) is 45.5 Å². The van der Waals surface area contributed by atoms with Gasteiger partial charge in [-0.15, -0.1) is 0 Å². The maximum Gasteiger partial charge on any atom is 0.421 e. The molecule has 0 aromatic heterocycles. The Morgan fingerprint density at radius 3 is 0.703 bits per heavy atom. The van der Waals surface area contributed by atoms with Gasteiger partial charge in [-0.3, -0.25) is 0 Å². The van der Waals surface area contributed by atoms with Crippen molar-refractivity contribution >= 4 is 113 Å². The van der Waals surface area contributed by atoms with E-state index < -0.39 is 0 Å². The van der Waals surface area contributed by atoms with E-state index in [4.69, 9.17) is 0 Å². The van der Waals surface area contributed by atoms with E-state index in [2.05, 4.69) is 262 Å². The minimum Gasteiger partial charge on any atom is -0.361 e. The van der Waals surface area contributed by atoms with Gasteiger partial charge in [-0.05, 0) is 116 Å². The summed E-state index contributed by atoms with van der Waals surface area (Å²) in [6.07, 6.45) is 0. The largest absolute Gasteiger partial charge is 0.421 e. The molecule has 11 aromatic rings. The number of benzene rings is 11. The Morgan fingerprint density at radius 2 is 0.453 bits per heavy atom. The van der Waals surface area contributed by atoms with Crippen molar-refractivity contribution in [2.75, 3.05) is 19.2 Å². The van der Waals surface area contributed by atoms with Gasteiger partial charge in [0.05, 0.1) is 0 Å². The second kappa shape index (κ2) is 14.7. The zero-order valence-corrected chi connectivity index (χ0v) is 35.0. The van der Waals surface area contributed by atoms with Crippen LogP contribution in [0.5, 0.6) is 0 Å². The van der Waals surface area contributed by atoms with Gasteiger partial charge in [-0.25, -0.2) is 0 Å². The summed E-state index contributed by atoms with van der Waals surface area (Å²) in [4.78, 5) is 10.3. The van der Waals surface area contributed by atoms with Crippen molar-refractivity contribution in [3.63, 3.8) is 0 Å². The molecule has 13 rings (SSSR count). The maximum absolute atomic E-state index is 2.58. The molecule has 2 aliphatic rings. The van der Waals surface area contributed by atoms with Crippen molar-refractivity contribution in [1.82, 2.24) is 0 Å². The SMILES string of the molecule is c1ccc(N2B(c3c4ccccc4c(B4N(c5ccccc5)c5cccc6cccc(c56)N4c4ccccc4)c4ccccc34)N(c3ccccc3)c3cccc4cccc2c34)cc1. The van der Waals surface area contributed by atoms with E-state index in [1.54, 1.807) is 0 Å². The summed E-state index contributed by atoms with van der Waals surface area (Å²) in [5.74, 6) is 0. The molecule has 0 unspecified atom stereocenters. The first-order valence-corrected chi connectivity index (χ1v) is 22.2. The standard InChI is InChI=1S/C58H40B2N4/c1-5-25-43(26-6-1)61-51-37-17-21-41-22-18-38-52(55(41)51)62(44-27-7-2-8-28-44)59(61)57-47-33-13-15-35-49(47)58(50-36-16-14-34-48(50)57)60-63(45-29-9-3-10-30-45)53-39-19-23-42-24-20-40-54(56(42)53)64(60)46-31-11-4-12-32-46/h1-40H. The minimum absolute atomic E-state index is 0.273. The lowest BCUT2D eigenvalue weighted by Gasteiger charge is -2.47. The summed E-state index contributed by atoms with van der Waals surface area (Å²) in [6, 6.07) is 89.3. The fourth-order valence-corrected chi connectivity index (χ4v) is 10.9. The number of fused-ring (bicyclic) bond motifs is 2. The number of nitrogens with zero attached hydrogens (tertiary/aromatic N) is 4. The van der Waals surface area contributed by atoms with Gasteiger partial charge in [0.2, 0.25) is 0 Å². The maximum atomic E-state index is 2.58. The third kappa shape index (κ3) is 5.45. The molecule has 0 amide bonds. The fraction of sp³-hybridized carbons (Fsp3) is 0. The molecule has 0 N–H and O–H groups in total. The summed E-state index contributed by atoms with van der Waals surface area (Å²) in [5, 5.41) is 9.78. The second-order valence-electron chi connectivity index (χ2n) is 16.8. The Balaban J connectivity index is 1.17. The Labute approximate surface area is 373 Å². The highest BCUT2D eigenvalue weighted by molar-refractivity contribution is 6.91. The molecule has 0 atom stereocenters. The minimum atomic E-state index is -0.273. The molecule has 64 heavy (non-hydrogen) atoms. The molecule has 0 saturated heterocycles. The van der Waals surface area contributed by atoms with Crippen LogP contribution in [0.25, 0.3) is 43.1 Å². The third-order valence-corrected chi connectivity index (χ3v) is 13.4. The zero-order chi connectivity index (χ0) is 42.1. The van der Waals surface area contributed by atoms with Gasteiger partial charge in [-0.1, -0.05) is 170 Å². The summed E-state index contributed by atoms with van der Waals surface area (Å²) in [6.45, 7) is -0.545. The fourth-order valence-electron chi connectivity index (χ4n) is 10.9. The Kier molecular flexibility index (Phi) is 8.38. The average Bonchev–Trinajstić information content (AvgIpc) is 3.37. The molecule has 0 aliphatic carbocycles. The van der Waals surface area contributed by atoms with Gasteiger partial charge in [0.25, 0.3) is 0 Å². The number of hydrogen-bond donors (Lipinski definition) is 0. The second-order valence-corrected chi connectivity index (χ2v) is 16.8. The molecule has 2 aliphatic heterocycles. The first-order chi connectivity index (χ1) is 31.8. The van der Waals surface area contributed by atoms with Crippen LogP contribution >= 0.6 is 0 Å². The highest BCUT2D eigenvalue weighted by atomic mass is 15.3. The van der Waals surface area contributed by atoms with E-state index in [9.17, 15) is 0 Å². The lowest BCUT2D eigenvalue weighted by atomic mass is 9.53. The van der Waals surface area contributed by atoms with Crippen molar-refractivity contribution in [2.24, 2.45) is 0 Å². The van der Waals surface area contributed by atoms with Gasteiger partial charge in [0, 0.05) is 56.3 Å². The molecular formula is C58H40B2N4. The van der Waals surface area contributed by atoms with Crippen molar-refractivity contribution in [1.29, 1.82) is 0 Å². The molecule has 0 bridgehead atoms. The molecule has 0 saturated carbocycles. The average molecular weight is 815 g/mol. The number of anilines is 8. The summed E-state index contributed by atoms with van der Waals surface area (Å²) in [7, 11) is 0. The van der Waals surface area contributed by atoms with E-state index in [0.29, 0.717) is 0 Å². The highest BCUT2D eigenvalue weighted by Gasteiger charge is 2.47. The topological polar surface area (TPSA) is 13.0 Å². The summed E-state index contributed by atoms with van der Waals surface area (Å²) < 4.78 is 0. The zero-order valence-electron chi connectivity index (χ0n) is 35.0. The quantitative estimate of drug-likeness (QED) is 0.122. The van der Waals surface area contributed by atoms with Crippen LogP contribution in [-0.4, -0.2) is 14.0 Å². The van der Waals surface area contributed by atoms with Crippen LogP contribution < -0.4 is 30.2 Å². The first-order valence-electron chi connectivity index (χ1n) is 22.2. The van der Waals surface area contributed by atoms with Crippen LogP contribution in [0.1, 0.15) is 0 Å². The summed E-state index contributed by atoms with van der Waals surface area (Å²) in [5.41, 5.74) is 11.8. The van der Waals surface area contributed by atoms with Crippen LogP contribution in [0, 0.1) is 0 Å². The molecule has 2 heterocycles. The lowest BCUT2D eigenvalue weighted by molar-refractivity contribution is 1.28. The monoisotopic (exact) mass is 814 g/mol. The van der Waals surface area contributed by atoms with Crippen molar-refractivity contribution in [2.45, 2.75) is 0 Å². The third-order valence-electron chi connectivity index (χ3n) is 13.4. The van der Waals surface area contributed by atoms with Gasteiger partial charge < -0.3 is 19.2 Å². The van der Waals surface area contributed by atoms with E-state index in [0.717, 1.165) is 22.7 Å². The van der Waals surface area contributed by atoms with E-state index >= 15 is 0 Å². The Morgan fingerprint density at radius 1 is 0.219 bits per heavy atom. The van der Waals surface area contributed by atoms with E-state index in [1.807, 2.05) is 0 Å². The van der Waals surface area contributed by atoms with E-state index in [-0.39, 0.29) is 14.0 Å². The van der Waals surface area contributed by atoms with Crippen LogP contribution in [0.2, 0.25) is 0 Å². The normalized spacial score (nSPS) is 13.4. The molecule has 11 aromatic carbocycles. The molecule has 0 radical (unpaired) electrons. The van der Waals surface area contributed by atoms with E-state index in [1.165, 1.54) is 76.8 Å². The lowest BCUT2D eigenvalue weighted by Crippen LogP contribution is -2.62. The van der Waals surface area contributed by atoms with Gasteiger partial charge in [0.15, 0.2) is 0 Å². The first kappa shape index (κ1) is 36.4. The van der Waals surface area contributed by atoms with Gasteiger partial charge >= 0.3 is 14.0 Å². The van der Waals surface area contributed by atoms with Crippen molar-refractivity contribution in [3.05, 3.63) is 243 Å². The van der Waals surface area contributed by atoms with Gasteiger partial charge in [-0.2, -0.15) is 0 Å². The van der Waals surface area contributed by atoms with Crippen LogP contribution in [0.3, 0.4) is 0 Å². The predicted molar refractivity (Wildman–Crippen MR) is 274 cm³/mol. The van der Waals surface area contributed by atoms with Crippen LogP contribution in [-0.2, 0) is 0 Å². The van der Waals surface area contributed by atoms with Gasteiger partial charge in [0.1, 0.15) is 0 Å². The molecule has 0 fully saturated rings. The molecular weight excluding hydrogens is 774 g/mol. The molecule has 4 nitrogen and oxygen atoms in total. The Hall–Kier alpha value is -8.21. The van der Waals surface area contributed by atoms with Crippen LogP contribution in [0.15, 0.2) is 243 Å². The molecule has 0 spiro atoms.